The molecule has 56 valence electrons. The molecule has 1 aromatic heterocycles. The van der Waals surface area contributed by atoms with Crippen molar-refractivity contribution < 1.29 is 0 Å². The largest absolute Gasteiger partial charge is 0.364 e. The minimum absolute atomic E-state index is 0.177. The summed E-state index contributed by atoms with van der Waals surface area (Å²) >= 11 is 0. The summed E-state index contributed by atoms with van der Waals surface area (Å²) in [5.41, 5.74) is 0.899. The standard InChI is InChI=1S/C9H10N2/c1-7-5-9(7,6-10)8-3-2-4-11-8/h2-4,7,11H,5H2,1H3. The Bertz CT molecular complexity index is 294. The number of aromatic amines is 1. The summed E-state index contributed by atoms with van der Waals surface area (Å²) in [6.07, 6.45) is 2.88. The predicted octanol–water partition coefficient (Wildman–Crippen LogP) is 1.82. The van der Waals surface area contributed by atoms with Gasteiger partial charge in [-0.25, -0.2) is 0 Å². The molecule has 0 bridgehead atoms. The Kier molecular flexibility index (Phi) is 1.11. The van der Waals surface area contributed by atoms with Gasteiger partial charge >= 0.3 is 0 Å². The molecule has 1 aliphatic carbocycles. The van der Waals surface area contributed by atoms with E-state index in [0.29, 0.717) is 5.92 Å². The van der Waals surface area contributed by atoms with Gasteiger partial charge in [0.25, 0.3) is 0 Å². The highest BCUT2D eigenvalue weighted by molar-refractivity contribution is 5.36. The molecule has 0 spiro atoms. The number of nitrogens with zero attached hydrogens (tertiary/aromatic N) is 1. The van der Waals surface area contributed by atoms with Gasteiger partial charge in [0.2, 0.25) is 0 Å². The average molecular weight is 146 g/mol. The van der Waals surface area contributed by atoms with Crippen LogP contribution in [0, 0.1) is 17.2 Å². The molecule has 2 rings (SSSR count). The van der Waals surface area contributed by atoms with E-state index in [-0.39, 0.29) is 5.41 Å². The van der Waals surface area contributed by atoms with E-state index in [1.54, 1.807) is 0 Å². The van der Waals surface area contributed by atoms with Crippen LogP contribution in [-0.4, -0.2) is 4.98 Å². The number of aromatic nitrogens is 1. The van der Waals surface area contributed by atoms with Crippen LogP contribution in [0.4, 0.5) is 0 Å². The molecule has 0 radical (unpaired) electrons. The molecule has 2 atom stereocenters. The summed E-state index contributed by atoms with van der Waals surface area (Å²) in [6.45, 7) is 2.12. The van der Waals surface area contributed by atoms with Crippen molar-refractivity contribution >= 4 is 0 Å². The molecule has 0 aromatic carbocycles. The van der Waals surface area contributed by atoms with Crippen molar-refractivity contribution in [1.82, 2.24) is 4.98 Å². The second-order valence-corrected chi connectivity index (χ2v) is 3.27. The molecule has 1 N–H and O–H groups in total. The molecule has 0 amide bonds. The summed E-state index contributed by atoms with van der Waals surface area (Å²) in [5.74, 6) is 0.520. The van der Waals surface area contributed by atoms with Crippen molar-refractivity contribution in [3.05, 3.63) is 24.0 Å². The van der Waals surface area contributed by atoms with E-state index in [0.717, 1.165) is 12.1 Å². The van der Waals surface area contributed by atoms with Crippen molar-refractivity contribution in [2.75, 3.05) is 0 Å². The Balaban J connectivity index is 2.38. The second-order valence-electron chi connectivity index (χ2n) is 3.27. The first-order chi connectivity index (χ1) is 5.29. The van der Waals surface area contributed by atoms with Crippen LogP contribution in [0.15, 0.2) is 18.3 Å². The van der Waals surface area contributed by atoms with Gasteiger partial charge in [0.1, 0.15) is 0 Å². The maximum Gasteiger partial charge on any atom is 0.1000 e. The summed E-state index contributed by atoms with van der Waals surface area (Å²) < 4.78 is 0. The predicted molar refractivity (Wildman–Crippen MR) is 41.9 cm³/mol. The molecule has 1 aromatic rings. The van der Waals surface area contributed by atoms with E-state index in [1.165, 1.54) is 0 Å². The third-order valence-corrected chi connectivity index (χ3v) is 2.59. The maximum absolute atomic E-state index is 8.93. The molecule has 2 nitrogen and oxygen atoms in total. The zero-order chi connectivity index (χ0) is 7.90. The molecular formula is C9H10N2. The first kappa shape index (κ1) is 6.48. The van der Waals surface area contributed by atoms with Crippen LogP contribution in [0.3, 0.4) is 0 Å². The van der Waals surface area contributed by atoms with Crippen LogP contribution in [-0.2, 0) is 5.41 Å². The van der Waals surface area contributed by atoms with E-state index in [2.05, 4.69) is 18.0 Å². The van der Waals surface area contributed by atoms with Crippen LogP contribution in [0.2, 0.25) is 0 Å². The van der Waals surface area contributed by atoms with Gasteiger partial charge in [-0.15, -0.1) is 0 Å². The lowest BCUT2D eigenvalue weighted by atomic mass is 10.0. The molecule has 0 aliphatic heterocycles. The van der Waals surface area contributed by atoms with Crippen LogP contribution < -0.4 is 0 Å². The van der Waals surface area contributed by atoms with Crippen LogP contribution in [0.1, 0.15) is 19.0 Å². The molecule has 1 aliphatic rings. The zero-order valence-corrected chi connectivity index (χ0v) is 6.46. The normalized spacial score (nSPS) is 34.7. The minimum Gasteiger partial charge on any atom is -0.364 e. The minimum atomic E-state index is -0.177. The Morgan fingerprint density at radius 1 is 1.82 bits per heavy atom. The van der Waals surface area contributed by atoms with E-state index in [1.807, 2.05) is 18.3 Å². The van der Waals surface area contributed by atoms with E-state index >= 15 is 0 Å². The van der Waals surface area contributed by atoms with Crippen LogP contribution >= 0.6 is 0 Å². The maximum atomic E-state index is 8.93. The van der Waals surface area contributed by atoms with Crippen molar-refractivity contribution in [2.24, 2.45) is 5.92 Å². The topological polar surface area (TPSA) is 39.6 Å². The summed E-state index contributed by atoms with van der Waals surface area (Å²) in [4.78, 5) is 3.10. The van der Waals surface area contributed by atoms with Gasteiger partial charge in [-0.3, -0.25) is 0 Å². The Hall–Kier alpha value is -1.23. The summed E-state index contributed by atoms with van der Waals surface area (Å²) in [6, 6.07) is 6.31. The molecular weight excluding hydrogens is 136 g/mol. The third kappa shape index (κ3) is 0.711. The zero-order valence-electron chi connectivity index (χ0n) is 6.46. The third-order valence-electron chi connectivity index (χ3n) is 2.59. The molecule has 1 heterocycles. The first-order valence-corrected chi connectivity index (χ1v) is 3.85. The number of rotatable bonds is 1. The van der Waals surface area contributed by atoms with Gasteiger partial charge in [0.05, 0.1) is 11.5 Å². The van der Waals surface area contributed by atoms with E-state index in [9.17, 15) is 0 Å². The van der Waals surface area contributed by atoms with Gasteiger partial charge in [0, 0.05) is 11.9 Å². The van der Waals surface area contributed by atoms with Crippen LogP contribution in [0.25, 0.3) is 0 Å². The second kappa shape index (κ2) is 1.88. The molecule has 1 saturated carbocycles. The fourth-order valence-electron chi connectivity index (χ4n) is 1.62. The van der Waals surface area contributed by atoms with Gasteiger partial charge in [0.15, 0.2) is 0 Å². The summed E-state index contributed by atoms with van der Waals surface area (Å²) in [7, 11) is 0. The summed E-state index contributed by atoms with van der Waals surface area (Å²) in [5, 5.41) is 8.93. The van der Waals surface area contributed by atoms with Crippen molar-refractivity contribution in [3.63, 3.8) is 0 Å². The monoisotopic (exact) mass is 146 g/mol. The van der Waals surface area contributed by atoms with Crippen LogP contribution in [0.5, 0.6) is 0 Å². The molecule has 1 fully saturated rings. The quantitative estimate of drug-likeness (QED) is 0.644. The first-order valence-electron chi connectivity index (χ1n) is 3.85. The number of H-pyrrole nitrogens is 1. The lowest BCUT2D eigenvalue weighted by Crippen LogP contribution is -2.05. The SMILES string of the molecule is CC1CC1(C#N)c1ccc[nH]1. The smallest absolute Gasteiger partial charge is 0.1000 e. The highest BCUT2D eigenvalue weighted by Crippen LogP contribution is 2.52. The lowest BCUT2D eigenvalue weighted by molar-refractivity contribution is 0.768. The number of hydrogen-bond acceptors (Lipinski definition) is 1. The Morgan fingerprint density at radius 2 is 2.55 bits per heavy atom. The fourth-order valence-corrected chi connectivity index (χ4v) is 1.62. The number of nitriles is 1. The molecule has 0 saturated heterocycles. The van der Waals surface area contributed by atoms with Gasteiger partial charge in [-0.1, -0.05) is 6.92 Å². The van der Waals surface area contributed by atoms with Gasteiger partial charge in [-0.2, -0.15) is 5.26 Å². The Labute approximate surface area is 65.9 Å². The van der Waals surface area contributed by atoms with Crippen molar-refractivity contribution in [2.45, 2.75) is 18.8 Å². The van der Waals surface area contributed by atoms with Crippen molar-refractivity contribution in [3.8, 4) is 6.07 Å². The average Bonchev–Trinajstić information content (AvgIpc) is 2.55. The molecule has 2 heteroatoms. The number of nitrogens with one attached hydrogen (secondary N) is 1. The van der Waals surface area contributed by atoms with E-state index in [4.69, 9.17) is 5.26 Å². The Morgan fingerprint density at radius 3 is 2.91 bits per heavy atom. The number of hydrogen-bond donors (Lipinski definition) is 1. The lowest BCUT2D eigenvalue weighted by Gasteiger charge is -2.01. The van der Waals surface area contributed by atoms with E-state index < -0.39 is 0 Å². The highest BCUT2D eigenvalue weighted by atomic mass is 14.8. The van der Waals surface area contributed by atoms with Gasteiger partial charge in [-0.05, 0) is 24.5 Å². The molecule has 2 unspecified atom stereocenters. The molecule has 11 heavy (non-hydrogen) atoms. The van der Waals surface area contributed by atoms with Crippen molar-refractivity contribution in [1.29, 1.82) is 5.26 Å². The fraction of sp³-hybridized carbons (Fsp3) is 0.444. The van der Waals surface area contributed by atoms with Gasteiger partial charge < -0.3 is 4.98 Å². The highest BCUT2D eigenvalue weighted by Gasteiger charge is 2.53.